The summed E-state index contributed by atoms with van der Waals surface area (Å²) in [6.07, 6.45) is 2.56. The molecule has 0 amide bonds. The Morgan fingerprint density at radius 2 is 2.04 bits per heavy atom. The lowest BCUT2D eigenvalue weighted by Crippen LogP contribution is -2.44. The number of likely N-dealkylation sites (tertiary alicyclic amines) is 1. The van der Waals surface area contributed by atoms with Crippen molar-refractivity contribution in [2.45, 2.75) is 26.3 Å². The van der Waals surface area contributed by atoms with Crippen molar-refractivity contribution in [2.75, 3.05) is 33.2 Å². The van der Waals surface area contributed by atoms with Crippen molar-refractivity contribution < 1.29 is 4.39 Å². The molecule has 0 aliphatic carbocycles. The SMILES string of the molecule is CCN1CCCC(CNC(=NC)NCc2ccc(F)cc2)C1.I. The van der Waals surface area contributed by atoms with Crippen LogP contribution in [0.25, 0.3) is 0 Å². The maximum absolute atomic E-state index is 12.9. The molecule has 23 heavy (non-hydrogen) atoms. The molecule has 0 bridgehead atoms. The fourth-order valence-electron chi connectivity index (χ4n) is 2.85. The van der Waals surface area contributed by atoms with E-state index in [2.05, 4.69) is 27.4 Å². The zero-order chi connectivity index (χ0) is 15.8. The number of halogens is 2. The van der Waals surface area contributed by atoms with Gasteiger partial charge in [-0.1, -0.05) is 19.1 Å². The summed E-state index contributed by atoms with van der Waals surface area (Å²) in [5.41, 5.74) is 1.04. The Bertz CT molecular complexity index is 478. The molecule has 1 aliphatic heterocycles. The minimum Gasteiger partial charge on any atom is -0.356 e. The number of benzene rings is 1. The number of piperidine rings is 1. The van der Waals surface area contributed by atoms with Crippen LogP contribution in [0.5, 0.6) is 0 Å². The van der Waals surface area contributed by atoms with Crippen LogP contribution in [-0.2, 0) is 6.54 Å². The molecule has 0 saturated carbocycles. The van der Waals surface area contributed by atoms with Crippen LogP contribution in [0.3, 0.4) is 0 Å². The average molecular weight is 434 g/mol. The fraction of sp³-hybridized carbons (Fsp3) is 0.588. The van der Waals surface area contributed by atoms with Gasteiger partial charge in [0.25, 0.3) is 0 Å². The molecule has 1 fully saturated rings. The third-order valence-electron chi connectivity index (χ3n) is 4.21. The molecule has 1 aliphatic rings. The van der Waals surface area contributed by atoms with Crippen molar-refractivity contribution in [3.63, 3.8) is 0 Å². The fourth-order valence-corrected chi connectivity index (χ4v) is 2.85. The van der Waals surface area contributed by atoms with E-state index >= 15 is 0 Å². The smallest absolute Gasteiger partial charge is 0.191 e. The highest BCUT2D eigenvalue weighted by atomic mass is 127. The summed E-state index contributed by atoms with van der Waals surface area (Å²) in [6, 6.07) is 6.54. The third-order valence-corrected chi connectivity index (χ3v) is 4.21. The first-order valence-electron chi connectivity index (χ1n) is 8.12. The van der Waals surface area contributed by atoms with Crippen molar-refractivity contribution >= 4 is 29.9 Å². The molecule has 1 heterocycles. The van der Waals surface area contributed by atoms with Crippen molar-refractivity contribution in [1.82, 2.24) is 15.5 Å². The number of guanidine groups is 1. The highest BCUT2D eigenvalue weighted by molar-refractivity contribution is 14.0. The topological polar surface area (TPSA) is 39.7 Å². The first kappa shape index (κ1) is 20.2. The lowest BCUT2D eigenvalue weighted by molar-refractivity contribution is 0.183. The van der Waals surface area contributed by atoms with Crippen LogP contribution in [-0.4, -0.2) is 44.1 Å². The van der Waals surface area contributed by atoms with E-state index in [0.717, 1.165) is 24.6 Å². The third kappa shape index (κ3) is 7.03. The van der Waals surface area contributed by atoms with Crippen LogP contribution < -0.4 is 10.6 Å². The monoisotopic (exact) mass is 434 g/mol. The van der Waals surface area contributed by atoms with Gasteiger partial charge in [0.05, 0.1) is 0 Å². The number of hydrogen-bond donors (Lipinski definition) is 2. The van der Waals surface area contributed by atoms with Crippen molar-refractivity contribution in [3.8, 4) is 0 Å². The molecule has 6 heteroatoms. The first-order chi connectivity index (χ1) is 10.7. The van der Waals surface area contributed by atoms with Gasteiger partial charge in [0.1, 0.15) is 5.82 Å². The number of rotatable bonds is 5. The maximum Gasteiger partial charge on any atom is 0.191 e. The zero-order valence-corrected chi connectivity index (χ0v) is 16.3. The molecule has 4 nitrogen and oxygen atoms in total. The van der Waals surface area contributed by atoms with Gasteiger partial charge in [-0.05, 0) is 49.5 Å². The van der Waals surface area contributed by atoms with Crippen molar-refractivity contribution in [3.05, 3.63) is 35.6 Å². The van der Waals surface area contributed by atoms with Crippen LogP contribution in [0.1, 0.15) is 25.3 Å². The summed E-state index contributed by atoms with van der Waals surface area (Å²) >= 11 is 0. The predicted molar refractivity (Wildman–Crippen MR) is 105 cm³/mol. The zero-order valence-electron chi connectivity index (χ0n) is 14.0. The predicted octanol–water partition coefficient (Wildman–Crippen LogP) is 2.84. The molecule has 0 spiro atoms. The highest BCUT2D eigenvalue weighted by Crippen LogP contribution is 2.15. The standard InChI is InChI=1S/C17H27FN4.HI/c1-3-22-10-4-5-15(13-22)12-21-17(19-2)20-11-14-6-8-16(18)9-7-14;/h6-9,15H,3-5,10-13H2,1-2H3,(H2,19,20,21);1H. The molecule has 1 aromatic rings. The summed E-state index contributed by atoms with van der Waals surface area (Å²) in [6.45, 7) is 7.33. The minimum absolute atomic E-state index is 0. The summed E-state index contributed by atoms with van der Waals surface area (Å²) in [5.74, 6) is 1.28. The normalized spacial score (nSPS) is 19.1. The van der Waals surface area contributed by atoms with E-state index in [9.17, 15) is 4.39 Å². The molecule has 1 saturated heterocycles. The van der Waals surface area contributed by atoms with Gasteiger partial charge < -0.3 is 15.5 Å². The van der Waals surface area contributed by atoms with Crippen molar-refractivity contribution in [1.29, 1.82) is 0 Å². The Morgan fingerprint density at radius 1 is 1.30 bits per heavy atom. The Morgan fingerprint density at radius 3 is 2.70 bits per heavy atom. The summed E-state index contributed by atoms with van der Waals surface area (Å²) in [5, 5.41) is 6.68. The van der Waals surface area contributed by atoms with Crippen LogP contribution in [0.4, 0.5) is 4.39 Å². The number of nitrogens with one attached hydrogen (secondary N) is 2. The Hall–Kier alpha value is -0.890. The molecule has 1 aromatic carbocycles. The molecule has 1 unspecified atom stereocenters. The molecule has 0 radical (unpaired) electrons. The summed E-state index contributed by atoms with van der Waals surface area (Å²) in [4.78, 5) is 6.76. The molecular formula is C17H28FIN4. The second kappa shape index (κ2) is 10.8. The number of nitrogens with zero attached hydrogens (tertiary/aromatic N) is 2. The molecular weight excluding hydrogens is 406 g/mol. The maximum atomic E-state index is 12.9. The lowest BCUT2D eigenvalue weighted by Gasteiger charge is -2.32. The highest BCUT2D eigenvalue weighted by Gasteiger charge is 2.18. The first-order valence-corrected chi connectivity index (χ1v) is 8.12. The lowest BCUT2D eigenvalue weighted by atomic mass is 9.98. The molecule has 2 N–H and O–H groups in total. The Balaban J connectivity index is 0.00000264. The molecule has 0 aromatic heterocycles. The van der Waals surface area contributed by atoms with Gasteiger partial charge in [-0.2, -0.15) is 0 Å². The summed E-state index contributed by atoms with van der Waals surface area (Å²) in [7, 11) is 1.78. The van der Waals surface area contributed by atoms with E-state index in [4.69, 9.17) is 0 Å². The second-order valence-electron chi connectivity index (χ2n) is 5.83. The van der Waals surface area contributed by atoms with E-state index in [1.165, 1.54) is 38.1 Å². The van der Waals surface area contributed by atoms with Gasteiger partial charge in [0, 0.05) is 26.7 Å². The molecule has 2 rings (SSSR count). The van der Waals surface area contributed by atoms with E-state index in [1.807, 2.05) is 0 Å². The van der Waals surface area contributed by atoms with E-state index in [1.54, 1.807) is 19.2 Å². The van der Waals surface area contributed by atoms with Gasteiger partial charge >= 0.3 is 0 Å². The quantitative estimate of drug-likeness (QED) is 0.426. The van der Waals surface area contributed by atoms with Crippen molar-refractivity contribution in [2.24, 2.45) is 10.9 Å². The van der Waals surface area contributed by atoms with Crippen LogP contribution in [0.2, 0.25) is 0 Å². The Labute approximate surface area is 156 Å². The van der Waals surface area contributed by atoms with Gasteiger partial charge in [-0.25, -0.2) is 4.39 Å². The van der Waals surface area contributed by atoms with Crippen LogP contribution >= 0.6 is 24.0 Å². The van der Waals surface area contributed by atoms with Crippen LogP contribution in [0.15, 0.2) is 29.3 Å². The second-order valence-corrected chi connectivity index (χ2v) is 5.83. The summed E-state index contributed by atoms with van der Waals surface area (Å²) < 4.78 is 12.9. The van der Waals surface area contributed by atoms with E-state index < -0.39 is 0 Å². The van der Waals surface area contributed by atoms with E-state index in [0.29, 0.717) is 12.5 Å². The van der Waals surface area contributed by atoms with Gasteiger partial charge in [0.2, 0.25) is 0 Å². The number of hydrogen-bond acceptors (Lipinski definition) is 2. The van der Waals surface area contributed by atoms with Gasteiger partial charge in [-0.3, -0.25) is 4.99 Å². The Kier molecular flexibility index (Phi) is 9.47. The molecule has 1 atom stereocenters. The van der Waals surface area contributed by atoms with E-state index in [-0.39, 0.29) is 29.8 Å². The van der Waals surface area contributed by atoms with Crippen LogP contribution in [0, 0.1) is 11.7 Å². The largest absolute Gasteiger partial charge is 0.356 e. The van der Waals surface area contributed by atoms with Gasteiger partial charge in [0.15, 0.2) is 5.96 Å². The number of aliphatic imine (C=N–C) groups is 1. The molecule has 130 valence electrons. The minimum atomic E-state index is -0.205. The van der Waals surface area contributed by atoms with Gasteiger partial charge in [-0.15, -0.1) is 24.0 Å². The average Bonchev–Trinajstić information content (AvgIpc) is 2.57.